The molecule has 2 aliphatic rings. The lowest BCUT2D eigenvalue weighted by Crippen LogP contribution is -2.58. The number of hydrogen-bond acceptors (Lipinski definition) is 6. The molecule has 2 aliphatic heterocycles. The zero-order valence-electron chi connectivity index (χ0n) is 18.3. The highest BCUT2D eigenvalue weighted by Gasteiger charge is 2.53. The van der Waals surface area contributed by atoms with Crippen LogP contribution in [0.25, 0.3) is 17.4 Å². The van der Waals surface area contributed by atoms with Crippen LogP contribution in [0.15, 0.2) is 74.9 Å². The molecular formula is C26H19ClN2O4S. The number of aromatic nitrogens is 1. The second kappa shape index (κ2) is 7.55. The van der Waals surface area contributed by atoms with Crippen LogP contribution in [-0.4, -0.2) is 16.1 Å². The van der Waals surface area contributed by atoms with Crippen molar-refractivity contribution in [3.05, 3.63) is 96.7 Å². The van der Waals surface area contributed by atoms with E-state index in [4.69, 9.17) is 25.7 Å². The fourth-order valence-corrected chi connectivity index (χ4v) is 6.23. The van der Waals surface area contributed by atoms with Gasteiger partial charge in [-0.2, -0.15) is 0 Å². The van der Waals surface area contributed by atoms with Crippen molar-refractivity contribution in [1.29, 1.82) is 0 Å². The number of furan rings is 1. The van der Waals surface area contributed by atoms with Gasteiger partial charge in [0.05, 0.1) is 15.6 Å². The van der Waals surface area contributed by atoms with Crippen LogP contribution >= 0.6 is 22.9 Å². The molecule has 0 amide bonds. The third-order valence-corrected chi connectivity index (χ3v) is 7.67. The number of nitrogens with zero attached hydrogens (tertiary/aromatic N) is 2. The first-order chi connectivity index (χ1) is 16.4. The number of Topliss-reactive ketones (excluding diaryl/α,β-unsaturated/α-hetero) is 1. The molecule has 0 radical (unpaired) electrons. The number of benzene rings is 2. The Bertz CT molecular complexity index is 1650. The van der Waals surface area contributed by atoms with Crippen molar-refractivity contribution in [2.24, 2.45) is 10.9 Å². The van der Waals surface area contributed by atoms with Gasteiger partial charge in [-0.3, -0.25) is 14.2 Å². The minimum absolute atomic E-state index is 0.0737. The van der Waals surface area contributed by atoms with Crippen LogP contribution in [0.2, 0.25) is 5.02 Å². The molecule has 2 bridgehead atoms. The molecule has 0 N–H and O–H groups in total. The van der Waals surface area contributed by atoms with Gasteiger partial charge in [-0.05, 0) is 44.2 Å². The van der Waals surface area contributed by atoms with E-state index >= 15 is 0 Å². The summed E-state index contributed by atoms with van der Waals surface area (Å²) in [5.74, 6) is 1.10. The van der Waals surface area contributed by atoms with E-state index in [1.165, 1.54) is 18.3 Å². The third kappa shape index (κ3) is 3.11. The maximum atomic E-state index is 13.6. The Morgan fingerprint density at radius 3 is 2.71 bits per heavy atom. The van der Waals surface area contributed by atoms with Crippen molar-refractivity contribution in [2.45, 2.75) is 25.6 Å². The van der Waals surface area contributed by atoms with E-state index in [1.54, 1.807) is 22.8 Å². The first-order valence-corrected chi connectivity index (χ1v) is 12.0. The van der Waals surface area contributed by atoms with Crippen LogP contribution < -0.4 is 19.6 Å². The molecule has 8 heteroatoms. The lowest BCUT2D eigenvalue weighted by atomic mass is 9.79. The van der Waals surface area contributed by atoms with Crippen molar-refractivity contribution in [2.75, 3.05) is 0 Å². The molecule has 0 fully saturated rings. The quantitative estimate of drug-likeness (QED) is 0.431. The number of thiazole rings is 1. The van der Waals surface area contributed by atoms with E-state index in [2.05, 4.69) is 0 Å². The van der Waals surface area contributed by atoms with Crippen LogP contribution in [0, 0.1) is 5.92 Å². The monoisotopic (exact) mass is 490 g/mol. The van der Waals surface area contributed by atoms with Gasteiger partial charge in [-0.15, -0.1) is 0 Å². The molecule has 2 aromatic carbocycles. The van der Waals surface area contributed by atoms with Crippen LogP contribution in [0.4, 0.5) is 0 Å². The average molecular weight is 491 g/mol. The fourth-order valence-electron chi connectivity index (χ4n) is 4.92. The summed E-state index contributed by atoms with van der Waals surface area (Å²) in [7, 11) is 0. The Labute approximate surface area is 203 Å². The van der Waals surface area contributed by atoms with Gasteiger partial charge < -0.3 is 9.15 Å². The molecule has 6 rings (SSSR count). The molecule has 3 atom stereocenters. The first-order valence-electron chi connectivity index (χ1n) is 10.8. The number of fused-ring (bicyclic) bond motifs is 6. The Kier molecular flexibility index (Phi) is 4.69. The second-order valence-corrected chi connectivity index (χ2v) is 10.0. The van der Waals surface area contributed by atoms with Gasteiger partial charge >= 0.3 is 0 Å². The lowest BCUT2D eigenvalue weighted by molar-refractivity contribution is -0.132. The largest absolute Gasteiger partial charge is 0.465 e. The molecule has 0 spiro atoms. The smallest absolute Gasteiger partial charge is 0.271 e. The predicted molar refractivity (Wildman–Crippen MR) is 130 cm³/mol. The molecule has 170 valence electrons. The van der Waals surface area contributed by atoms with Crippen molar-refractivity contribution in [3.8, 4) is 17.1 Å². The maximum absolute atomic E-state index is 13.6. The summed E-state index contributed by atoms with van der Waals surface area (Å²) in [5.41, 5.74) is 0.290. The molecule has 0 unspecified atom stereocenters. The molecular weight excluding hydrogens is 472 g/mol. The average Bonchev–Trinajstić information content (AvgIpc) is 3.37. The number of hydrogen-bond donors (Lipinski definition) is 0. The van der Waals surface area contributed by atoms with E-state index < -0.39 is 17.7 Å². The Morgan fingerprint density at radius 2 is 1.91 bits per heavy atom. The minimum Gasteiger partial charge on any atom is -0.465 e. The van der Waals surface area contributed by atoms with Gasteiger partial charge in [0.1, 0.15) is 29.0 Å². The lowest BCUT2D eigenvalue weighted by Gasteiger charge is -2.45. The summed E-state index contributed by atoms with van der Waals surface area (Å²) in [4.78, 5) is 31.6. The van der Waals surface area contributed by atoms with Gasteiger partial charge in [-0.25, -0.2) is 4.99 Å². The number of carbonyl (C=O) groups excluding carboxylic acids is 1. The zero-order valence-corrected chi connectivity index (χ0v) is 19.9. The van der Waals surface area contributed by atoms with Gasteiger partial charge in [0.25, 0.3) is 5.56 Å². The highest BCUT2D eigenvalue weighted by atomic mass is 35.5. The Balaban J connectivity index is 1.53. The van der Waals surface area contributed by atoms with Gasteiger partial charge in [0.15, 0.2) is 4.80 Å². The summed E-state index contributed by atoms with van der Waals surface area (Å²) >= 11 is 7.55. The van der Waals surface area contributed by atoms with E-state index in [9.17, 15) is 9.59 Å². The second-order valence-electron chi connectivity index (χ2n) is 8.59. The number of ketones is 1. The summed E-state index contributed by atoms with van der Waals surface area (Å²) in [6.45, 7) is 3.33. The molecule has 4 aromatic rings. The first kappa shape index (κ1) is 21.1. The standard InChI is InChI=1S/C26H19ClN2O4S/c1-14(30)22-23-17-8-4-6-10-20(17)33-26(22,2)28-25-29(23)24(31)21(34-25)13-15-11-12-19(32-15)16-7-3-5-9-18(16)27/h3-13,22-23H,1-2H3/b21-13+/t22-,23+,26+/m0/s1. The van der Waals surface area contributed by atoms with E-state index in [-0.39, 0.29) is 11.3 Å². The molecule has 6 nitrogen and oxygen atoms in total. The van der Waals surface area contributed by atoms with E-state index in [0.29, 0.717) is 31.6 Å². The number of halogens is 1. The summed E-state index contributed by atoms with van der Waals surface area (Å²) < 4.78 is 14.3. The molecule has 34 heavy (non-hydrogen) atoms. The number of para-hydroxylation sites is 1. The summed E-state index contributed by atoms with van der Waals surface area (Å²) in [6.07, 6.45) is 1.70. The molecule has 2 aromatic heterocycles. The van der Waals surface area contributed by atoms with Crippen LogP contribution in [-0.2, 0) is 4.79 Å². The van der Waals surface area contributed by atoms with Gasteiger partial charge in [-0.1, -0.05) is 53.3 Å². The van der Waals surface area contributed by atoms with Crippen molar-refractivity contribution >= 4 is 34.8 Å². The minimum atomic E-state index is -1.08. The number of rotatable bonds is 3. The SMILES string of the molecule is CC(=O)[C@H]1[C@H]2c3ccccc3O[C@@]1(C)N=c1s/c(=C/c3ccc(-c4ccccc4Cl)o3)c(=O)n12. The van der Waals surface area contributed by atoms with Gasteiger partial charge in [0.2, 0.25) is 5.72 Å². The fraction of sp³-hybridized carbons (Fsp3) is 0.192. The van der Waals surface area contributed by atoms with Gasteiger partial charge in [0, 0.05) is 17.2 Å². The van der Waals surface area contributed by atoms with Crippen molar-refractivity contribution < 1.29 is 13.9 Å². The predicted octanol–water partition coefficient (Wildman–Crippen LogP) is 4.19. The van der Waals surface area contributed by atoms with E-state index in [1.807, 2.05) is 55.5 Å². The maximum Gasteiger partial charge on any atom is 0.271 e. The Hall–Kier alpha value is -3.42. The Morgan fingerprint density at radius 1 is 1.15 bits per heavy atom. The normalized spacial score (nSPS) is 23.0. The van der Waals surface area contributed by atoms with E-state index in [0.717, 1.165) is 11.1 Å². The number of carbonyl (C=O) groups is 1. The van der Waals surface area contributed by atoms with Crippen LogP contribution in [0.5, 0.6) is 5.75 Å². The molecule has 0 saturated heterocycles. The van der Waals surface area contributed by atoms with Crippen LogP contribution in [0.1, 0.15) is 31.2 Å². The zero-order chi connectivity index (χ0) is 23.6. The third-order valence-electron chi connectivity index (χ3n) is 6.36. The molecule has 0 saturated carbocycles. The molecule has 4 heterocycles. The van der Waals surface area contributed by atoms with Crippen molar-refractivity contribution in [3.63, 3.8) is 0 Å². The summed E-state index contributed by atoms with van der Waals surface area (Å²) in [5, 5.41) is 0.586. The summed E-state index contributed by atoms with van der Waals surface area (Å²) in [6, 6.07) is 18.1. The van der Waals surface area contributed by atoms with Crippen molar-refractivity contribution in [1.82, 2.24) is 4.57 Å². The topological polar surface area (TPSA) is 73.8 Å². The molecule has 0 aliphatic carbocycles. The number of ether oxygens (including phenoxy) is 1. The highest BCUT2D eigenvalue weighted by molar-refractivity contribution is 7.07. The highest BCUT2D eigenvalue weighted by Crippen LogP contribution is 2.47. The van der Waals surface area contributed by atoms with Crippen LogP contribution in [0.3, 0.4) is 0 Å².